The highest BCUT2D eigenvalue weighted by Crippen LogP contribution is 2.27. The Morgan fingerprint density at radius 1 is 1.55 bits per heavy atom. The summed E-state index contributed by atoms with van der Waals surface area (Å²) in [4.78, 5) is 11.0. The van der Waals surface area contributed by atoms with Crippen molar-refractivity contribution in [3.8, 4) is 11.6 Å². The SMILES string of the molecule is CN1CCSCC1c1noc(-c2cn(CCN)cn2)n1. The Kier molecular flexibility index (Phi) is 4.04. The predicted octanol–water partition coefficient (Wildman–Crippen LogP) is 0.611. The van der Waals surface area contributed by atoms with Crippen LogP contribution < -0.4 is 5.73 Å². The number of aromatic nitrogens is 4. The van der Waals surface area contributed by atoms with Crippen LogP contribution in [0.25, 0.3) is 11.6 Å². The van der Waals surface area contributed by atoms with Crippen LogP contribution in [0.3, 0.4) is 0 Å². The molecule has 0 spiro atoms. The Morgan fingerprint density at radius 3 is 3.25 bits per heavy atom. The first-order valence-corrected chi connectivity index (χ1v) is 7.77. The quantitative estimate of drug-likeness (QED) is 0.884. The van der Waals surface area contributed by atoms with Gasteiger partial charge in [0, 0.05) is 37.3 Å². The molecule has 0 aromatic carbocycles. The van der Waals surface area contributed by atoms with Crippen LogP contribution >= 0.6 is 11.8 Å². The summed E-state index contributed by atoms with van der Waals surface area (Å²) in [6, 6.07) is 0.220. The molecule has 2 aromatic rings. The van der Waals surface area contributed by atoms with Gasteiger partial charge in [0.1, 0.15) is 5.69 Å². The molecule has 2 aromatic heterocycles. The average molecular weight is 294 g/mol. The number of hydrogen-bond acceptors (Lipinski definition) is 7. The molecule has 1 aliphatic rings. The molecule has 2 N–H and O–H groups in total. The van der Waals surface area contributed by atoms with Crippen molar-refractivity contribution in [2.24, 2.45) is 5.73 Å². The molecule has 0 aliphatic carbocycles. The van der Waals surface area contributed by atoms with Gasteiger partial charge >= 0.3 is 0 Å². The minimum atomic E-state index is 0.220. The van der Waals surface area contributed by atoms with E-state index in [1.54, 1.807) is 6.33 Å². The van der Waals surface area contributed by atoms with Crippen LogP contribution in [0.2, 0.25) is 0 Å². The van der Waals surface area contributed by atoms with E-state index in [-0.39, 0.29) is 6.04 Å². The largest absolute Gasteiger partial charge is 0.335 e. The van der Waals surface area contributed by atoms with Crippen molar-refractivity contribution in [2.75, 3.05) is 31.6 Å². The molecule has 1 unspecified atom stereocenters. The van der Waals surface area contributed by atoms with Gasteiger partial charge < -0.3 is 14.8 Å². The molecule has 108 valence electrons. The van der Waals surface area contributed by atoms with Crippen molar-refractivity contribution >= 4 is 11.8 Å². The number of imidazole rings is 1. The Bertz CT molecular complexity index is 568. The molecule has 1 aliphatic heterocycles. The van der Waals surface area contributed by atoms with Gasteiger partial charge in [0.05, 0.1) is 12.4 Å². The summed E-state index contributed by atoms with van der Waals surface area (Å²) in [5, 5.41) is 4.11. The molecule has 1 atom stereocenters. The summed E-state index contributed by atoms with van der Waals surface area (Å²) in [6.45, 7) is 2.36. The molecule has 3 rings (SSSR count). The van der Waals surface area contributed by atoms with Crippen LogP contribution in [0.4, 0.5) is 0 Å². The molecular formula is C12H18N6OS. The van der Waals surface area contributed by atoms with E-state index in [4.69, 9.17) is 10.3 Å². The Labute approximate surface area is 121 Å². The normalized spacial score (nSPS) is 20.4. The molecule has 3 heterocycles. The number of nitrogens with two attached hydrogens (primary N) is 1. The maximum Gasteiger partial charge on any atom is 0.278 e. The average Bonchev–Trinajstić information content (AvgIpc) is 3.08. The van der Waals surface area contributed by atoms with E-state index < -0.39 is 0 Å². The third kappa shape index (κ3) is 2.72. The maximum absolute atomic E-state index is 5.52. The molecule has 0 radical (unpaired) electrons. The molecule has 0 amide bonds. The summed E-state index contributed by atoms with van der Waals surface area (Å²) >= 11 is 1.92. The molecule has 1 fully saturated rings. The van der Waals surface area contributed by atoms with Crippen molar-refractivity contribution in [3.63, 3.8) is 0 Å². The molecule has 1 saturated heterocycles. The minimum absolute atomic E-state index is 0.220. The van der Waals surface area contributed by atoms with Crippen LogP contribution in [-0.2, 0) is 6.54 Å². The Hall–Kier alpha value is -1.38. The van der Waals surface area contributed by atoms with Gasteiger partial charge in [0.15, 0.2) is 5.82 Å². The van der Waals surface area contributed by atoms with Crippen LogP contribution in [0.5, 0.6) is 0 Å². The van der Waals surface area contributed by atoms with E-state index in [9.17, 15) is 0 Å². The first kappa shape index (κ1) is 13.6. The van der Waals surface area contributed by atoms with Gasteiger partial charge in [-0.15, -0.1) is 0 Å². The second-order valence-corrected chi connectivity index (χ2v) is 5.96. The highest BCUT2D eigenvalue weighted by molar-refractivity contribution is 7.99. The fourth-order valence-electron chi connectivity index (χ4n) is 2.17. The van der Waals surface area contributed by atoms with Crippen LogP contribution in [0.1, 0.15) is 11.9 Å². The fraction of sp³-hybridized carbons (Fsp3) is 0.583. The van der Waals surface area contributed by atoms with E-state index in [1.807, 2.05) is 22.5 Å². The Balaban J connectivity index is 1.78. The van der Waals surface area contributed by atoms with Gasteiger partial charge in [0.2, 0.25) is 0 Å². The highest BCUT2D eigenvalue weighted by Gasteiger charge is 2.26. The zero-order valence-corrected chi connectivity index (χ0v) is 12.2. The second kappa shape index (κ2) is 5.94. The van der Waals surface area contributed by atoms with Crippen LogP contribution in [0, 0.1) is 0 Å². The topological polar surface area (TPSA) is 86.0 Å². The summed E-state index contributed by atoms with van der Waals surface area (Å²) < 4.78 is 7.26. The maximum atomic E-state index is 5.52. The van der Waals surface area contributed by atoms with E-state index in [0.717, 1.165) is 30.4 Å². The summed E-state index contributed by atoms with van der Waals surface area (Å²) in [5.41, 5.74) is 6.22. The predicted molar refractivity (Wildman–Crippen MR) is 77.3 cm³/mol. The third-order valence-corrected chi connectivity index (χ3v) is 4.40. The molecule has 8 heteroatoms. The highest BCUT2D eigenvalue weighted by atomic mass is 32.2. The van der Waals surface area contributed by atoms with E-state index >= 15 is 0 Å². The van der Waals surface area contributed by atoms with Gasteiger partial charge in [0.25, 0.3) is 5.89 Å². The third-order valence-electron chi connectivity index (χ3n) is 3.38. The van der Waals surface area contributed by atoms with Gasteiger partial charge in [-0.2, -0.15) is 16.7 Å². The number of rotatable bonds is 4. The van der Waals surface area contributed by atoms with Gasteiger partial charge in [-0.05, 0) is 7.05 Å². The zero-order valence-electron chi connectivity index (χ0n) is 11.4. The number of hydrogen-bond donors (Lipinski definition) is 1. The Morgan fingerprint density at radius 2 is 2.45 bits per heavy atom. The van der Waals surface area contributed by atoms with Gasteiger partial charge in [-0.3, -0.25) is 4.90 Å². The van der Waals surface area contributed by atoms with Crippen molar-refractivity contribution in [1.82, 2.24) is 24.6 Å². The molecular weight excluding hydrogens is 276 g/mol. The molecule has 0 saturated carbocycles. The van der Waals surface area contributed by atoms with Crippen LogP contribution in [-0.4, -0.2) is 56.2 Å². The van der Waals surface area contributed by atoms with Gasteiger partial charge in [-0.1, -0.05) is 5.16 Å². The first-order chi connectivity index (χ1) is 9.78. The molecule has 0 bridgehead atoms. The fourth-order valence-corrected chi connectivity index (χ4v) is 3.38. The van der Waals surface area contributed by atoms with Crippen molar-refractivity contribution in [1.29, 1.82) is 0 Å². The van der Waals surface area contributed by atoms with E-state index in [0.29, 0.717) is 18.1 Å². The summed E-state index contributed by atoms with van der Waals surface area (Å²) in [5.74, 6) is 3.36. The summed E-state index contributed by atoms with van der Waals surface area (Å²) in [7, 11) is 2.09. The van der Waals surface area contributed by atoms with Crippen LogP contribution in [0.15, 0.2) is 17.0 Å². The minimum Gasteiger partial charge on any atom is -0.335 e. The van der Waals surface area contributed by atoms with Crippen molar-refractivity contribution < 1.29 is 4.52 Å². The van der Waals surface area contributed by atoms with Crippen molar-refractivity contribution in [2.45, 2.75) is 12.6 Å². The second-order valence-electron chi connectivity index (χ2n) is 4.81. The van der Waals surface area contributed by atoms with E-state index in [1.165, 1.54) is 0 Å². The molecule has 7 nitrogen and oxygen atoms in total. The first-order valence-electron chi connectivity index (χ1n) is 6.61. The lowest BCUT2D eigenvalue weighted by atomic mass is 10.3. The number of thioether (sulfide) groups is 1. The molecule has 20 heavy (non-hydrogen) atoms. The van der Waals surface area contributed by atoms with Gasteiger partial charge in [-0.25, -0.2) is 4.98 Å². The standard InChI is InChI=1S/C12H18N6OS/c1-17-4-5-20-7-10(17)11-15-12(19-16-11)9-6-18(3-2-13)8-14-9/h6,8,10H,2-5,7,13H2,1H3. The smallest absolute Gasteiger partial charge is 0.278 e. The lowest BCUT2D eigenvalue weighted by Gasteiger charge is -2.29. The lowest BCUT2D eigenvalue weighted by molar-refractivity contribution is 0.257. The van der Waals surface area contributed by atoms with E-state index in [2.05, 4.69) is 27.1 Å². The zero-order chi connectivity index (χ0) is 13.9. The summed E-state index contributed by atoms with van der Waals surface area (Å²) in [6.07, 6.45) is 3.61. The lowest BCUT2D eigenvalue weighted by Crippen LogP contribution is -2.33. The van der Waals surface area contributed by atoms with Crippen molar-refractivity contribution in [3.05, 3.63) is 18.3 Å². The monoisotopic (exact) mass is 294 g/mol. The number of nitrogens with zero attached hydrogens (tertiary/aromatic N) is 5.